The van der Waals surface area contributed by atoms with E-state index < -0.39 is 0 Å². The summed E-state index contributed by atoms with van der Waals surface area (Å²) in [5.74, 6) is -0.0573. The van der Waals surface area contributed by atoms with Crippen molar-refractivity contribution in [3.8, 4) is 11.1 Å². The van der Waals surface area contributed by atoms with E-state index in [0.717, 1.165) is 53.8 Å². The number of aryl methyl sites for hydroxylation is 1. The number of hydrogen-bond acceptors (Lipinski definition) is 2. The molecular weight excluding hydrogens is 384 g/mol. The van der Waals surface area contributed by atoms with Crippen LogP contribution in [0.5, 0.6) is 0 Å². The summed E-state index contributed by atoms with van der Waals surface area (Å²) >= 11 is 0. The molecule has 0 spiro atoms. The second-order valence-electron chi connectivity index (χ2n) is 8.50. The van der Waals surface area contributed by atoms with E-state index in [1.165, 1.54) is 36.1 Å². The van der Waals surface area contributed by atoms with Gasteiger partial charge in [0.2, 0.25) is 0 Å². The third-order valence-corrected chi connectivity index (χ3v) is 6.48. The molecule has 3 N–H and O–H groups in total. The maximum absolute atomic E-state index is 12.9. The van der Waals surface area contributed by atoms with Gasteiger partial charge >= 0.3 is 0 Å². The summed E-state index contributed by atoms with van der Waals surface area (Å²) in [5, 5.41) is 12.5. The van der Waals surface area contributed by atoms with Crippen LogP contribution in [-0.4, -0.2) is 22.6 Å². The Hall–Kier alpha value is -3.11. The molecule has 3 aromatic rings. The molecule has 31 heavy (non-hydrogen) atoms. The number of fused-ring (bicyclic) bond motifs is 2. The molecule has 0 saturated heterocycles. The van der Waals surface area contributed by atoms with Crippen LogP contribution >= 0.6 is 0 Å². The Morgan fingerprint density at radius 1 is 0.968 bits per heavy atom. The number of carbonyl (C=O) groups excluding carboxylic acids is 1. The minimum Gasteiger partial charge on any atom is -0.396 e. The Bertz CT molecular complexity index is 1140. The number of aliphatic hydroxyl groups excluding tert-OH is 1. The van der Waals surface area contributed by atoms with Gasteiger partial charge in [-0.1, -0.05) is 48.9 Å². The predicted molar refractivity (Wildman–Crippen MR) is 126 cm³/mol. The minimum absolute atomic E-state index is 0.0573. The minimum atomic E-state index is -0.0573. The zero-order valence-electron chi connectivity index (χ0n) is 17.7. The lowest BCUT2D eigenvalue weighted by Crippen LogP contribution is -2.04. The third kappa shape index (κ3) is 3.84. The summed E-state index contributed by atoms with van der Waals surface area (Å²) in [7, 11) is 0. The first-order valence-electron chi connectivity index (χ1n) is 11.3. The molecule has 0 saturated carbocycles. The largest absolute Gasteiger partial charge is 0.396 e. The lowest BCUT2D eigenvalue weighted by Gasteiger charge is -2.06. The number of rotatable bonds is 5. The lowest BCUT2D eigenvalue weighted by atomic mass is 9.97. The van der Waals surface area contributed by atoms with Gasteiger partial charge in [-0.25, -0.2) is 0 Å². The van der Waals surface area contributed by atoms with E-state index in [4.69, 9.17) is 0 Å². The summed E-state index contributed by atoms with van der Waals surface area (Å²) in [6.45, 7) is 0.182. The topological polar surface area (TPSA) is 65.1 Å². The van der Waals surface area contributed by atoms with Crippen LogP contribution in [0.4, 0.5) is 5.69 Å². The van der Waals surface area contributed by atoms with Gasteiger partial charge < -0.3 is 15.4 Å². The highest BCUT2D eigenvalue weighted by molar-refractivity contribution is 6.35. The number of H-pyrrole nitrogens is 1. The summed E-state index contributed by atoms with van der Waals surface area (Å²) in [6, 6.07) is 16.4. The molecule has 2 aliphatic rings. The Kier molecular flexibility index (Phi) is 5.47. The Balaban J connectivity index is 1.54. The first-order chi connectivity index (χ1) is 15.2. The zero-order valence-corrected chi connectivity index (χ0v) is 17.7. The van der Waals surface area contributed by atoms with Crippen LogP contribution in [0.25, 0.3) is 22.8 Å². The van der Waals surface area contributed by atoms with Crippen LogP contribution in [-0.2, 0) is 24.1 Å². The molecule has 1 aliphatic heterocycles. The molecule has 0 radical (unpaired) electrons. The van der Waals surface area contributed by atoms with Gasteiger partial charge in [-0.15, -0.1) is 0 Å². The maximum Gasteiger partial charge on any atom is 0.256 e. The van der Waals surface area contributed by atoms with Crippen LogP contribution in [0.2, 0.25) is 0 Å². The number of aromatic nitrogens is 1. The summed E-state index contributed by atoms with van der Waals surface area (Å²) in [5.41, 5.74) is 9.78. The molecule has 0 fully saturated rings. The van der Waals surface area contributed by atoms with Crippen LogP contribution in [0, 0.1) is 0 Å². The molecule has 1 amide bonds. The van der Waals surface area contributed by atoms with Crippen LogP contribution in [0.3, 0.4) is 0 Å². The number of amides is 1. The molecule has 4 nitrogen and oxygen atoms in total. The van der Waals surface area contributed by atoms with Gasteiger partial charge in [-0.05, 0) is 72.9 Å². The second kappa shape index (κ2) is 8.56. The molecule has 2 heterocycles. The van der Waals surface area contributed by atoms with Crippen molar-refractivity contribution in [3.05, 3.63) is 76.6 Å². The molecule has 0 atom stereocenters. The quantitative estimate of drug-likeness (QED) is 0.390. The monoisotopic (exact) mass is 412 g/mol. The van der Waals surface area contributed by atoms with Crippen LogP contribution in [0.1, 0.15) is 53.8 Å². The molecule has 1 aromatic heterocycles. The van der Waals surface area contributed by atoms with Crippen molar-refractivity contribution in [1.82, 2.24) is 4.98 Å². The highest BCUT2D eigenvalue weighted by atomic mass is 16.2. The predicted octanol–water partition coefficient (Wildman–Crippen LogP) is 5.37. The van der Waals surface area contributed by atoms with E-state index in [-0.39, 0.29) is 12.5 Å². The van der Waals surface area contributed by atoms with E-state index in [1.807, 2.05) is 30.3 Å². The van der Waals surface area contributed by atoms with Gasteiger partial charge in [0, 0.05) is 29.2 Å². The van der Waals surface area contributed by atoms with E-state index in [9.17, 15) is 9.90 Å². The van der Waals surface area contributed by atoms with Crippen molar-refractivity contribution in [2.75, 3.05) is 11.9 Å². The number of benzene rings is 2. The SMILES string of the molecule is O=C1Nc2cc(-c3ccccc3)ccc2C1=Cc1[nH]c2c(c1CCCO)CCCCC2. The average molecular weight is 413 g/mol. The van der Waals surface area contributed by atoms with Crippen molar-refractivity contribution in [3.63, 3.8) is 0 Å². The number of hydrogen-bond donors (Lipinski definition) is 3. The molecule has 1 aliphatic carbocycles. The second-order valence-corrected chi connectivity index (χ2v) is 8.50. The number of nitrogens with one attached hydrogen (secondary N) is 2. The fraction of sp³-hybridized carbons (Fsp3) is 0.296. The number of carbonyl (C=O) groups is 1. The van der Waals surface area contributed by atoms with Gasteiger partial charge in [0.05, 0.1) is 5.57 Å². The smallest absolute Gasteiger partial charge is 0.256 e. The number of aliphatic hydroxyl groups is 1. The molecule has 4 heteroatoms. The number of anilines is 1. The Morgan fingerprint density at radius 3 is 2.65 bits per heavy atom. The molecule has 5 rings (SSSR count). The van der Waals surface area contributed by atoms with E-state index >= 15 is 0 Å². The van der Waals surface area contributed by atoms with Crippen LogP contribution < -0.4 is 5.32 Å². The fourth-order valence-corrected chi connectivity index (χ4v) is 4.91. The molecule has 0 bridgehead atoms. The molecule has 0 unspecified atom stereocenters. The van der Waals surface area contributed by atoms with E-state index in [1.54, 1.807) is 0 Å². The summed E-state index contributed by atoms with van der Waals surface area (Å²) in [4.78, 5) is 16.5. The molecule has 158 valence electrons. The first kappa shape index (κ1) is 19.8. The summed E-state index contributed by atoms with van der Waals surface area (Å²) in [6.07, 6.45) is 9.41. The van der Waals surface area contributed by atoms with E-state index in [0.29, 0.717) is 5.57 Å². The zero-order chi connectivity index (χ0) is 21.2. The average Bonchev–Trinajstić information content (AvgIpc) is 3.17. The standard InChI is InChI=1S/C27H28N2O2/c30-15-7-11-21-20-10-5-2-6-12-24(20)28-26(21)17-23-22-14-13-19(16-25(22)29-27(23)31)18-8-3-1-4-9-18/h1,3-4,8-9,13-14,16-17,28,30H,2,5-7,10-12,15H2,(H,29,31). The first-order valence-corrected chi connectivity index (χ1v) is 11.3. The normalized spacial score (nSPS) is 16.7. The highest BCUT2D eigenvalue weighted by Crippen LogP contribution is 2.37. The van der Waals surface area contributed by atoms with Gasteiger partial charge in [-0.2, -0.15) is 0 Å². The van der Waals surface area contributed by atoms with Crippen molar-refractivity contribution < 1.29 is 9.90 Å². The van der Waals surface area contributed by atoms with Crippen molar-refractivity contribution in [2.24, 2.45) is 0 Å². The van der Waals surface area contributed by atoms with Gasteiger partial charge in [-0.3, -0.25) is 4.79 Å². The van der Waals surface area contributed by atoms with E-state index in [2.05, 4.69) is 34.6 Å². The summed E-state index contributed by atoms with van der Waals surface area (Å²) < 4.78 is 0. The number of aromatic amines is 1. The highest BCUT2D eigenvalue weighted by Gasteiger charge is 2.26. The molecular formula is C27H28N2O2. The maximum atomic E-state index is 12.9. The Labute approximate surface area is 183 Å². The molecule has 2 aromatic carbocycles. The van der Waals surface area contributed by atoms with Crippen molar-refractivity contribution in [2.45, 2.75) is 44.9 Å². The van der Waals surface area contributed by atoms with Crippen molar-refractivity contribution >= 4 is 23.2 Å². The third-order valence-electron chi connectivity index (χ3n) is 6.48. The van der Waals surface area contributed by atoms with Crippen LogP contribution in [0.15, 0.2) is 48.5 Å². The van der Waals surface area contributed by atoms with Gasteiger partial charge in [0.1, 0.15) is 0 Å². The Morgan fingerprint density at radius 2 is 1.81 bits per heavy atom. The van der Waals surface area contributed by atoms with Gasteiger partial charge in [0.25, 0.3) is 5.91 Å². The lowest BCUT2D eigenvalue weighted by molar-refractivity contribution is -0.110. The van der Waals surface area contributed by atoms with Crippen molar-refractivity contribution in [1.29, 1.82) is 0 Å². The van der Waals surface area contributed by atoms with Gasteiger partial charge in [0.15, 0.2) is 0 Å². The fourth-order valence-electron chi connectivity index (χ4n) is 4.91.